The summed E-state index contributed by atoms with van der Waals surface area (Å²) in [5, 5.41) is 1.58. The molecule has 2 N–H and O–H groups in total. The Morgan fingerprint density at radius 1 is 0.889 bits per heavy atom. The summed E-state index contributed by atoms with van der Waals surface area (Å²) >= 11 is 6.46. The number of anilines is 1. The lowest BCUT2D eigenvalue weighted by Gasteiger charge is -2.10. The zero-order valence-corrected chi connectivity index (χ0v) is 10.4. The lowest BCUT2D eigenvalue weighted by Crippen LogP contribution is -1.96. The van der Waals surface area contributed by atoms with Crippen LogP contribution < -0.4 is 5.73 Å². The van der Waals surface area contributed by atoms with Gasteiger partial charge in [-0.3, -0.25) is 0 Å². The molecule has 88 valence electrons. The number of halogens is 1. The molecule has 0 saturated carbocycles. The number of nitrogens with zero attached hydrogens (tertiary/aromatic N) is 1. The Hall–Kier alpha value is -2.06. The van der Waals surface area contributed by atoms with Gasteiger partial charge in [0.25, 0.3) is 0 Å². The number of hydrogen-bond donors (Lipinski definition) is 1. The van der Waals surface area contributed by atoms with E-state index in [4.69, 9.17) is 17.3 Å². The van der Waals surface area contributed by atoms with Crippen LogP contribution in [0.15, 0.2) is 54.6 Å². The predicted octanol–water partition coefficient (Wildman–Crippen LogP) is 4.14. The largest absolute Gasteiger partial charge is 0.383 e. The van der Waals surface area contributed by atoms with Crippen molar-refractivity contribution in [2.24, 2.45) is 0 Å². The van der Waals surface area contributed by atoms with E-state index in [0.717, 1.165) is 22.0 Å². The Kier molecular flexibility index (Phi) is 2.65. The molecule has 0 fully saturated rings. The molecule has 0 amide bonds. The Bertz CT molecular complexity index is 708. The van der Waals surface area contributed by atoms with Crippen LogP contribution in [-0.4, -0.2) is 4.98 Å². The maximum Gasteiger partial charge on any atom is 0.133 e. The molecule has 0 atom stereocenters. The molecule has 0 aliphatic rings. The Morgan fingerprint density at radius 3 is 2.33 bits per heavy atom. The van der Waals surface area contributed by atoms with E-state index in [9.17, 15) is 0 Å². The molecule has 0 spiro atoms. The topological polar surface area (TPSA) is 38.9 Å². The number of pyridine rings is 1. The molecule has 0 aliphatic carbocycles. The monoisotopic (exact) mass is 254 g/mol. The number of nitrogens with two attached hydrogens (primary N) is 1. The number of aromatic nitrogens is 1. The molecule has 2 nitrogen and oxygen atoms in total. The van der Waals surface area contributed by atoms with Gasteiger partial charge in [-0.25, -0.2) is 4.98 Å². The highest BCUT2D eigenvalue weighted by Crippen LogP contribution is 2.36. The summed E-state index contributed by atoms with van der Waals surface area (Å²) in [6.45, 7) is 0. The SMILES string of the molecule is Nc1nc2ccccc2c(Cl)c1-c1ccccc1. The molecule has 3 rings (SSSR count). The standard InChI is InChI=1S/C15H11ClN2/c16-14-11-8-4-5-9-12(11)18-15(17)13(14)10-6-2-1-3-7-10/h1-9H,(H2,17,18). The number of rotatable bonds is 1. The molecule has 3 heteroatoms. The summed E-state index contributed by atoms with van der Waals surface area (Å²) < 4.78 is 0. The number of hydrogen-bond acceptors (Lipinski definition) is 2. The van der Waals surface area contributed by atoms with Gasteiger partial charge in [-0.15, -0.1) is 0 Å². The van der Waals surface area contributed by atoms with Crippen LogP contribution in [0.3, 0.4) is 0 Å². The first-order chi connectivity index (χ1) is 8.77. The molecule has 0 unspecified atom stereocenters. The number of nitrogen functional groups attached to an aromatic ring is 1. The minimum atomic E-state index is 0.463. The second kappa shape index (κ2) is 4.31. The van der Waals surface area contributed by atoms with E-state index in [1.165, 1.54) is 0 Å². The molecular weight excluding hydrogens is 244 g/mol. The molecular formula is C15H11ClN2. The first-order valence-corrected chi connectivity index (χ1v) is 6.04. The van der Waals surface area contributed by atoms with Gasteiger partial charge in [-0.2, -0.15) is 0 Å². The van der Waals surface area contributed by atoms with Crippen molar-refractivity contribution in [3.05, 3.63) is 59.6 Å². The van der Waals surface area contributed by atoms with E-state index in [0.29, 0.717) is 10.8 Å². The van der Waals surface area contributed by atoms with Crippen LogP contribution in [0, 0.1) is 0 Å². The third kappa shape index (κ3) is 1.71. The summed E-state index contributed by atoms with van der Waals surface area (Å²) in [5.41, 5.74) is 8.63. The molecule has 1 heterocycles. The van der Waals surface area contributed by atoms with Crippen molar-refractivity contribution >= 4 is 28.3 Å². The smallest absolute Gasteiger partial charge is 0.133 e. The van der Waals surface area contributed by atoms with Crippen molar-refractivity contribution in [2.45, 2.75) is 0 Å². The number of para-hydroxylation sites is 1. The average molecular weight is 255 g/mol. The zero-order valence-electron chi connectivity index (χ0n) is 9.60. The van der Waals surface area contributed by atoms with Gasteiger partial charge >= 0.3 is 0 Å². The van der Waals surface area contributed by atoms with Crippen molar-refractivity contribution < 1.29 is 0 Å². The van der Waals surface area contributed by atoms with Crippen molar-refractivity contribution in [3.63, 3.8) is 0 Å². The van der Waals surface area contributed by atoms with Gasteiger partial charge in [0.05, 0.1) is 10.5 Å². The predicted molar refractivity (Wildman–Crippen MR) is 76.6 cm³/mol. The fourth-order valence-electron chi connectivity index (χ4n) is 2.07. The average Bonchev–Trinajstić information content (AvgIpc) is 2.40. The van der Waals surface area contributed by atoms with Crippen molar-refractivity contribution in [1.29, 1.82) is 0 Å². The van der Waals surface area contributed by atoms with Gasteiger partial charge < -0.3 is 5.73 Å². The fourth-order valence-corrected chi connectivity index (χ4v) is 2.43. The molecule has 1 aromatic heterocycles. The van der Waals surface area contributed by atoms with Gasteiger partial charge in [-0.1, -0.05) is 60.1 Å². The molecule has 2 aromatic carbocycles. The zero-order chi connectivity index (χ0) is 12.5. The van der Waals surface area contributed by atoms with Crippen LogP contribution in [0.4, 0.5) is 5.82 Å². The van der Waals surface area contributed by atoms with Crippen molar-refractivity contribution in [1.82, 2.24) is 4.98 Å². The van der Waals surface area contributed by atoms with Crippen LogP contribution in [0.25, 0.3) is 22.0 Å². The summed E-state index contributed by atoms with van der Waals surface area (Å²) in [6.07, 6.45) is 0. The third-order valence-electron chi connectivity index (χ3n) is 2.92. The maximum atomic E-state index is 6.46. The molecule has 0 aliphatic heterocycles. The van der Waals surface area contributed by atoms with Crippen LogP contribution in [0.1, 0.15) is 0 Å². The summed E-state index contributed by atoms with van der Waals surface area (Å²) in [4.78, 5) is 4.41. The molecule has 3 aromatic rings. The second-order valence-corrected chi connectivity index (χ2v) is 4.45. The summed E-state index contributed by atoms with van der Waals surface area (Å²) in [7, 11) is 0. The van der Waals surface area contributed by atoms with Crippen LogP contribution in [0.2, 0.25) is 5.02 Å². The van der Waals surface area contributed by atoms with Crippen molar-refractivity contribution in [3.8, 4) is 11.1 Å². The van der Waals surface area contributed by atoms with Gasteiger partial charge in [0.1, 0.15) is 5.82 Å². The molecule has 0 radical (unpaired) electrons. The summed E-state index contributed by atoms with van der Waals surface area (Å²) in [5.74, 6) is 0.463. The van der Waals surface area contributed by atoms with E-state index in [1.807, 2.05) is 54.6 Å². The minimum absolute atomic E-state index is 0.463. The highest BCUT2D eigenvalue weighted by molar-refractivity contribution is 6.38. The van der Waals surface area contributed by atoms with E-state index in [1.54, 1.807) is 0 Å². The molecule has 0 bridgehead atoms. The van der Waals surface area contributed by atoms with Crippen LogP contribution >= 0.6 is 11.6 Å². The third-order valence-corrected chi connectivity index (χ3v) is 3.31. The lowest BCUT2D eigenvalue weighted by molar-refractivity contribution is 1.41. The van der Waals surface area contributed by atoms with Crippen molar-refractivity contribution in [2.75, 3.05) is 5.73 Å². The van der Waals surface area contributed by atoms with Crippen LogP contribution in [0.5, 0.6) is 0 Å². The molecule has 18 heavy (non-hydrogen) atoms. The van der Waals surface area contributed by atoms with E-state index >= 15 is 0 Å². The second-order valence-electron chi connectivity index (χ2n) is 4.07. The lowest BCUT2D eigenvalue weighted by atomic mass is 10.0. The van der Waals surface area contributed by atoms with Gasteiger partial charge in [0.2, 0.25) is 0 Å². The van der Waals surface area contributed by atoms with Gasteiger partial charge in [-0.05, 0) is 11.6 Å². The van der Waals surface area contributed by atoms with Crippen LogP contribution in [-0.2, 0) is 0 Å². The number of fused-ring (bicyclic) bond motifs is 1. The Labute approximate surface area is 110 Å². The first kappa shape index (κ1) is 11.1. The Morgan fingerprint density at radius 2 is 1.56 bits per heavy atom. The number of benzene rings is 2. The van der Waals surface area contributed by atoms with E-state index < -0.39 is 0 Å². The normalized spacial score (nSPS) is 10.7. The summed E-state index contributed by atoms with van der Waals surface area (Å²) in [6, 6.07) is 17.6. The van der Waals surface area contributed by atoms with E-state index in [-0.39, 0.29) is 0 Å². The van der Waals surface area contributed by atoms with Gasteiger partial charge in [0, 0.05) is 10.9 Å². The minimum Gasteiger partial charge on any atom is -0.383 e. The maximum absolute atomic E-state index is 6.46. The highest BCUT2D eigenvalue weighted by Gasteiger charge is 2.12. The first-order valence-electron chi connectivity index (χ1n) is 5.66. The fraction of sp³-hybridized carbons (Fsp3) is 0. The quantitative estimate of drug-likeness (QED) is 0.709. The van der Waals surface area contributed by atoms with Gasteiger partial charge in [0.15, 0.2) is 0 Å². The Balaban J connectivity index is 2.37. The van der Waals surface area contributed by atoms with E-state index in [2.05, 4.69) is 4.98 Å². The molecule has 0 saturated heterocycles. The highest BCUT2D eigenvalue weighted by atomic mass is 35.5.